The van der Waals surface area contributed by atoms with E-state index in [9.17, 15) is 14.0 Å². The van der Waals surface area contributed by atoms with Crippen LogP contribution in [0.2, 0.25) is 0 Å². The first kappa shape index (κ1) is 15.5. The smallest absolute Gasteiger partial charge is 0.248 e. The second-order valence-electron chi connectivity index (χ2n) is 4.80. The number of nitrogens with one attached hydrogen (secondary N) is 2. The Morgan fingerprint density at radius 2 is 1.55 bits per heavy atom. The molecule has 0 fully saturated rings. The van der Waals surface area contributed by atoms with E-state index in [2.05, 4.69) is 10.6 Å². The largest absolute Gasteiger partial charge is 0.374 e. The summed E-state index contributed by atoms with van der Waals surface area (Å²) in [4.78, 5) is 23.0. The molecule has 0 aromatic heterocycles. The lowest BCUT2D eigenvalue weighted by Crippen LogP contribution is -2.31. The highest BCUT2D eigenvalue weighted by atomic mass is 19.1. The molecule has 5 nitrogen and oxygen atoms in total. The molecule has 22 heavy (non-hydrogen) atoms. The second kappa shape index (κ2) is 6.71. The Labute approximate surface area is 127 Å². The van der Waals surface area contributed by atoms with E-state index in [0.29, 0.717) is 16.9 Å². The predicted molar refractivity (Wildman–Crippen MR) is 83.1 cm³/mol. The van der Waals surface area contributed by atoms with E-state index in [-0.39, 0.29) is 11.7 Å². The molecule has 0 bridgehead atoms. The van der Waals surface area contributed by atoms with E-state index >= 15 is 0 Å². The van der Waals surface area contributed by atoms with Crippen molar-refractivity contribution in [2.45, 2.75) is 13.0 Å². The second-order valence-corrected chi connectivity index (χ2v) is 4.80. The van der Waals surface area contributed by atoms with Gasteiger partial charge in [0.1, 0.15) is 11.9 Å². The quantitative estimate of drug-likeness (QED) is 0.792. The number of amides is 2. The first-order valence-corrected chi connectivity index (χ1v) is 6.68. The summed E-state index contributed by atoms with van der Waals surface area (Å²) in [6, 6.07) is 11.5. The fourth-order valence-electron chi connectivity index (χ4n) is 1.83. The van der Waals surface area contributed by atoms with Crippen molar-refractivity contribution in [3.63, 3.8) is 0 Å². The van der Waals surface area contributed by atoms with Gasteiger partial charge in [0.05, 0.1) is 0 Å². The Balaban J connectivity index is 1.95. The van der Waals surface area contributed by atoms with E-state index in [0.717, 1.165) is 0 Å². The van der Waals surface area contributed by atoms with E-state index < -0.39 is 11.9 Å². The first-order valence-electron chi connectivity index (χ1n) is 6.68. The van der Waals surface area contributed by atoms with Crippen LogP contribution in [0.25, 0.3) is 0 Å². The lowest BCUT2D eigenvalue weighted by molar-refractivity contribution is -0.116. The maximum absolute atomic E-state index is 12.8. The van der Waals surface area contributed by atoms with Crippen molar-refractivity contribution >= 4 is 23.2 Å². The van der Waals surface area contributed by atoms with Crippen molar-refractivity contribution in [1.82, 2.24) is 0 Å². The molecule has 6 heteroatoms. The van der Waals surface area contributed by atoms with Crippen molar-refractivity contribution in [2.24, 2.45) is 5.73 Å². The monoisotopic (exact) mass is 301 g/mol. The molecular formula is C16H16FN3O2. The fourth-order valence-corrected chi connectivity index (χ4v) is 1.83. The fraction of sp³-hybridized carbons (Fsp3) is 0.125. The summed E-state index contributed by atoms with van der Waals surface area (Å²) < 4.78 is 12.8. The van der Waals surface area contributed by atoms with Crippen LogP contribution in [0.4, 0.5) is 15.8 Å². The zero-order valence-corrected chi connectivity index (χ0v) is 12.0. The summed E-state index contributed by atoms with van der Waals surface area (Å²) in [6.45, 7) is 1.69. The summed E-state index contributed by atoms with van der Waals surface area (Å²) in [5.74, 6) is -1.11. The van der Waals surface area contributed by atoms with Crippen molar-refractivity contribution in [1.29, 1.82) is 0 Å². The van der Waals surface area contributed by atoms with Crippen LogP contribution < -0.4 is 16.4 Å². The summed E-state index contributed by atoms with van der Waals surface area (Å²) in [6.07, 6.45) is 0. The van der Waals surface area contributed by atoms with Gasteiger partial charge in [-0.1, -0.05) is 0 Å². The van der Waals surface area contributed by atoms with Crippen LogP contribution in [-0.4, -0.2) is 17.9 Å². The van der Waals surface area contributed by atoms with E-state index in [1.165, 1.54) is 24.3 Å². The Bertz CT molecular complexity index is 669. The third-order valence-electron chi connectivity index (χ3n) is 3.06. The number of anilines is 2. The minimum atomic E-state index is -0.524. The Morgan fingerprint density at radius 1 is 1.00 bits per heavy atom. The Kier molecular flexibility index (Phi) is 4.73. The Morgan fingerprint density at radius 3 is 2.09 bits per heavy atom. The summed E-state index contributed by atoms with van der Waals surface area (Å²) in [5.41, 5.74) is 6.72. The maximum Gasteiger partial charge on any atom is 0.248 e. The highest BCUT2D eigenvalue weighted by Gasteiger charge is 2.13. The van der Waals surface area contributed by atoms with Gasteiger partial charge >= 0.3 is 0 Å². The lowest BCUT2D eigenvalue weighted by atomic mass is 10.2. The molecule has 0 radical (unpaired) electrons. The van der Waals surface area contributed by atoms with Gasteiger partial charge in [0, 0.05) is 16.9 Å². The average Bonchev–Trinajstić information content (AvgIpc) is 2.50. The summed E-state index contributed by atoms with van der Waals surface area (Å²) >= 11 is 0. The van der Waals surface area contributed by atoms with Gasteiger partial charge in [-0.25, -0.2) is 4.39 Å². The van der Waals surface area contributed by atoms with Gasteiger partial charge in [0.2, 0.25) is 11.8 Å². The van der Waals surface area contributed by atoms with Crippen LogP contribution in [0.3, 0.4) is 0 Å². The van der Waals surface area contributed by atoms with E-state index in [4.69, 9.17) is 5.73 Å². The minimum Gasteiger partial charge on any atom is -0.374 e. The molecule has 0 aliphatic heterocycles. The number of primary amides is 1. The summed E-state index contributed by atoms with van der Waals surface area (Å²) in [5, 5.41) is 5.68. The van der Waals surface area contributed by atoms with Crippen LogP contribution in [0.1, 0.15) is 17.3 Å². The first-order chi connectivity index (χ1) is 10.5. The zero-order valence-electron chi connectivity index (χ0n) is 12.0. The number of benzene rings is 2. The van der Waals surface area contributed by atoms with Crippen LogP contribution in [0.15, 0.2) is 48.5 Å². The van der Waals surface area contributed by atoms with Crippen molar-refractivity contribution in [3.8, 4) is 0 Å². The van der Waals surface area contributed by atoms with E-state index in [1.54, 1.807) is 31.2 Å². The zero-order chi connectivity index (χ0) is 16.1. The number of nitrogens with two attached hydrogens (primary N) is 1. The predicted octanol–water partition coefficient (Wildman–Crippen LogP) is 2.36. The number of carbonyl (C=O) groups is 2. The normalized spacial score (nSPS) is 11.5. The molecule has 0 heterocycles. The van der Waals surface area contributed by atoms with Crippen LogP contribution in [-0.2, 0) is 4.79 Å². The summed E-state index contributed by atoms with van der Waals surface area (Å²) in [7, 11) is 0. The molecule has 2 aromatic carbocycles. The van der Waals surface area contributed by atoms with Gasteiger partial charge in [0.25, 0.3) is 0 Å². The van der Waals surface area contributed by atoms with Gasteiger partial charge in [-0.15, -0.1) is 0 Å². The molecule has 0 spiro atoms. The van der Waals surface area contributed by atoms with Gasteiger partial charge in [-0.05, 0) is 55.5 Å². The molecule has 0 saturated heterocycles. The maximum atomic E-state index is 12.8. The lowest BCUT2D eigenvalue weighted by Gasteiger charge is -2.15. The number of hydrogen-bond acceptors (Lipinski definition) is 3. The van der Waals surface area contributed by atoms with Crippen molar-refractivity contribution in [2.75, 3.05) is 10.6 Å². The highest BCUT2D eigenvalue weighted by Crippen LogP contribution is 2.12. The SMILES string of the molecule is C[C@@H](Nc1ccc(F)cc1)C(=O)Nc1ccc(C(N)=O)cc1. The van der Waals surface area contributed by atoms with Gasteiger partial charge in [-0.3, -0.25) is 9.59 Å². The van der Waals surface area contributed by atoms with Crippen LogP contribution >= 0.6 is 0 Å². The highest BCUT2D eigenvalue weighted by molar-refractivity contribution is 5.97. The standard InChI is InChI=1S/C16H16FN3O2/c1-10(19-13-8-4-12(17)5-9-13)16(22)20-14-6-2-11(3-7-14)15(18)21/h2-10,19H,1H3,(H2,18,21)(H,20,22)/t10-/m1/s1. The molecule has 4 N–H and O–H groups in total. The number of hydrogen-bond donors (Lipinski definition) is 3. The number of halogens is 1. The molecule has 114 valence electrons. The molecule has 1 atom stereocenters. The van der Waals surface area contributed by atoms with Crippen molar-refractivity contribution in [3.05, 3.63) is 59.9 Å². The van der Waals surface area contributed by atoms with Crippen LogP contribution in [0.5, 0.6) is 0 Å². The molecule has 0 aliphatic carbocycles. The minimum absolute atomic E-state index is 0.254. The van der Waals surface area contributed by atoms with E-state index in [1.807, 2.05) is 0 Å². The molecule has 0 aliphatic rings. The molecule has 2 aromatic rings. The number of carbonyl (C=O) groups excluding carboxylic acids is 2. The molecule has 2 amide bonds. The average molecular weight is 301 g/mol. The van der Waals surface area contributed by atoms with Crippen LogP contribution in [0, 0.1) is 5.82 Å². The topological polar surface area (TPSA) is 84.2 Å². The molecule has 2 rings (SSSR count). The molecule has 0 unspecified atom stereocenters. The molecular weight excluding hydrogens is 285 g/mol. The Hall–Kier alpha value is -2.89. The number of rotatable bonds is 5. The van der Waals surface area contributed by atoms with Gasteiger partial charge in [-0.2, -0.15) is 0 Å². The van der Waals surface area contributed by atoms with Gasteiger partial charge in [0.15, 0.2) is 0 Å². The third kappa shape index (κ3) is 4.05. The van der Waals surface area contributed by atoms with Gasteiger partial charge < -0.3 is 16.4 Å². The third-order valence-corrected chi connectivity index (χ3v) is 3.06. The van der Waals surface area contributed by atoms with Crippen molar-refractivity contribution < 1.29 is 14.0 Å². The molecule has 0 saturated carbocycles.